The van der Waals surface area contributed by atoms with E-state index in [1.165, 1.54) is 0 Å². The van der Waals surface area contributed by atoms with Gasteiger partial charge in [0.2, 0.25) is 0 Å². The molecule has 26 heavy (non-hydrogen) atoms. The Morgan fingerprint density at radius 2 is 1.96 bits per heavy atom. The van der Waals surface area contributed by atoms with Gasteiger partial charge in [0.25, 0.3) is 5.91 Å². The molecule has 2 fully saturated rings. The van der Waals surface area contributed by atoms with Gasteiger partial charge in [-0.2, -0.15) is 5.10 Å². The molecule has 2 aliphatic rings. The van der Waals surface area contributed by atoms with Crippen LogP contribution in [0.1, 0.15) is 56.8 Å². The maximum absolute atomic E-state index is 13.0. The molecule has 138 valence electrons. The fraction of sp³-hybridized carbons (Fsp3) is 0.500. The van der Waals surface area contributed by atoms with Crippen molar-refractivity contribution in [2.75, 3.05) is 11.4 Å². The number of carbonyl (C=O) groups excluding carboxylic acids is 1. The van der Waals surface area contributed by atoms with E-state index in [1.54, 1.807) is 0 Å². The zero-order valence-corrected chi connectivity index (χ0v) is 16.8. The standard InChI is InChI=1S/C20H23Cl2N3O/c1-19(2,3)17-8-10-25(23-17)16-7-9-24(18(16)26)14-6-4-5-13(11-14)15-12-20(15,21)22/h4-6,8,10-11,15-16H,7,9,12H2,1-3H3. The fourth-order valence-corrected chi connectivity index (χ4v) is 4.12. The molecule has 1 aliphatic heterocycles. The van der Waals surface area contributed by atoms with Crippen LogP contribution in [0.15, 0.2) is 36.5 Å². The summed E-state index contributed by atoms with van der Waals surface area (Å²) in [5.74, 6) is 0.240. The van der Waals surface area contributed by atoms with Gasteiger partial charge in [0.15, 0.2) is 0 Å². The average Bonchev–Trinajstić information content (AvgIpc) is 2.95. The lowest BCUT2D eigenvalue weighted by atomic mass is 9.93. The molecule has 1 aromatic carbocycles. The van der Waals surface area contributed by atoms with Crippen LogP contribution in [-0.2, 0) is 10.2 Å². The summed E-state index contributed by atoms with van der Waals surface area (Å²) in [5.41, 5.74) is 2.98. The van der Waals surface area contributed by atoms with Crippen molar-refractivity contribution in [3.8, 4) is 0 Å². The molecule has 0 spiro atoms. The van der Waals surface area contributed by atoms with E-state index in [4.69, 9.17) is 23.2 Å². The molecule has 1 aromatic heterocycles. The second-order valence-electron chi connectivity index (χ2n) is 8.34. The second-order valence-corrected chi connectivity index (χ2v) is 9.88. The fourth-order valence-electron chi connectivity index (χ4n) is 3.56. The summed E-state index contributed by atoms with van der Waals surface area (Å²) in [7, 11) is 0. The molecular weight excluding hydrogens is 369 g/mol. The van der Waals surface area contributed by atoms with E-state index in [0.29, 0.717) is 6.54 Å². The van der Waals surface area contributed by atoms with Crippen LogP contribution >= 0.6 is 23.2 Å². The van der Waals surface area contributed by atoms with Crippen molar-refractivity contribution in [3.05, 3.63) is 47.8 Å². The van der Waals surface area contributed by atoms with Gasteiger partial charge < -0.3 is 4.90 Å². The lowest BCUT2D eigenvalue weighted by Gasteiger charge is -2.18. The first-order valence-electron chi connectivity index (χ1n) is 9.01. The first-order chi connectivity index (χ1) is 12.2. The second kappa shape index (κ2) is 6.00. The van der Waals surface area contributed by atoms with Crippen molar-refractivity contribution in [1.29, 1.82) is 0 Å². The number of nitrogens with zero attached hydrogens (tertiary/aromatic N) is 3. The van der Waals surface area contributed by atoms with Crippen LogP contribution < -0.4 is 4.90 Å². The molecule has 0 radical (unpaired) electrons. The Kier molecular flexibility index (Phi) is 4.12. The largest absolute Gasteiger partial charge is 0.310 e. The molecule has 6 heteroatoms. The van der Waals surface area contributed by atoms with Crippen LogP contribution in [0.25, 0.3) is 0 Å². The molecule has 1 aliphatic carbocycles. The highest BCUT2D eigenvalue weighted by molar-refractivity contribution is 6.51. The van der Waals surface area contributed by atoms with Gasteiger partial charge in [-0.3, -0.25) is 9.48 Å². The molecule has 2 aromatic rings. The van der Waals surface area contributed by atoms with Gasteiger partial charge in [-0.15, -0.1) is 23.2 Å². The van der Waals surface area contributed by atoms with E-state index >= 15 is 0 Å². The minimum absolute atomic E-state index is 0.0270. The number of anilines is 1. The van der Waals surface area contributed by atoms with Crippen LogP contribution in [0.5, 0.6) is 0 Å². The lowest BCUT2D eigenvalue weighted by Crippen LogP contribution is -2.28. The average molecular weight is 392 g/mol. The van der Waals surface area contributed by atoms with Gasteiger partial charge in [0.05, 0.1) is 5.69 Å². The Labute approximate surface area is 164 Å². The van der Waals surface area contributed by atoms with Gasteiger partial charge in [0.1, 0.15) is 10.4 Å². The van der Waals surface area contributed by atoms with Crippen molar-refractivity contribution >= 4 is 34.8 Å². The Morgan fingerprint density at radius 1 is 1.23 bits per heavy atom. The highest BCUT2D eigenvalue weighted by Gasteiger charge is 2.52. The van der Waals surface area contributed by atoms with Gasteiger partial charge in [0, 0.05) is 29.8 Å². The third-order valence-electron chi connectivity index (χ3n) is 5.28. The van der Waals surface area contributed by atoms with E-state index < -0.39 is 4.33 Å². The summed E-state index contributed by atoms with van der Waals surface area (Å²) in [6, 6.07) is 9.78. The summed E-state index contributed by atoms with van der Waals surface area (Å²) >= 11 is 12.4. The Bertz CT molecular complexity index is 853. The predicted molar refractivity (Wildman–Crippen MR) is 105 cm³/mol. The van der Waals surface area contributed by atoms with Gasteiger partial charge in [-0.05, 0) is 36.6 Å². The third-order valence-corrected chi connectivity index (χ3v) is 6.12. The van der Waals surface area contributed by atoms with Crippen LogP contribution in [0, 0.1) is 0 Å². The topological polar surface area (TPSA) is 38.1 Å². The van der Waals surface area contributed by atoms with E-state index in [9.17, 15) is 4.79 Å². The number of alkyl halides is 2. The zero-order valence-electron chi connectivity index (χ0n) is 15.2. The number of hydrogen-bond donors (Lipinski definition) is 0. The summed E-state index contributed by atoms with van der Waals surface area (Å²) in [5, 5.41) is 4.65. The molecule has 0 N–H and O–H groups in total. The molecule has 1 amide bonds. The van der Waals surface area contributed by atoms with Crippen LogP contribution in [-0.4, -0.2) is 26.6 Å². The number of amides is 1. The quantitative estimate of drug-likeness (QED) is 0.703. The number of aromatic nitrogens is 2. The zero-order chi connectivity index (χ0) is 18.7. The normalized spacial score (nSPS) is 25.0. The van der Waals surface area contributed by atoms with E-state index in [-0.39, 0.29) is 23.3 Å². The van der Waals surface area contributed by atoms with Crippen molar-refractivity contribution in [2.24, 2.45) is 0 Å². The molecule has 1 saturated heterocycles. The summed E-state index contributed by atoms with van der Waals surface area (Å²) in [6.07, 6.45) is 3.44. The Balaban J connectivity index is 1.55. The predicted octanol–water partition coefficient (Wildman–Crippen LogP) is 4.82. The molecule has 4 nitrogen and oxygen atoms in total. The maximum Gasteiger partial charge on any atom is 0.251 e. The van der Waals surface area contributed by atoms with Crippen molar-refractivity contribution in [2.45, 2.75) is 55.3 Å². The Hall–Kier alpha value is -1.52. The molecule has 0 bridgehead atoms. The lowest BCUT2D eigenvalue weighted by molar-refractivity contribution is -0.120. The highest BCUT2D eigenvalue weighted by atomic mass is 35.5. The monoisotopic (exact) mass is 391 g/mol. The van der Waals surface area contributed by atoms with Crippen LogP contribution in [0.3, 0.4) is 0 Å². The summed E-state index contributed by atoms with van der Waals surface area (Å²) in [6.45, 7) is 7.06. The third kappa shape index (κ3) is 3.14. The van der Waals surface area contributed by atoms with E-state index in [0.717, 1.165) is 29.8 Å². The van der Waals surface area contributed by atoms with Gasteiger partial charge in [-0.1, -0.05) is 32.9 Å². The van der Waals surface area contributed by atoms with E-state index in [2.05, 4.69) is 25.9 Å². The number of benzene rings is 1. The minimum Gasteiger partial charge on any atom is -0.310 e. The number of rotatable bonds is 3. The maximum atomic E-state index is 13.0. The molecule has 1 saturated carbocycles. The number of carbonyl (C=O) groups is 1. The van der Waals surface area contributed by atoms with Crippen LogP contribution in [0.2, 0.25) is 0 Å². The number of hydrogen-bond acceptors (Lipinski definition) is 2. The van der Waals surface area contributed by atoms with Gasteiger partial charge in [-0.25, -0.2) is 0 Å². The molecule has 4 rings (SSSR count). The molecule has 2 unspecified atom stereocenters. The Morgan fingerprint density at radius 3 is 2.58 bits per heavy atom. The van der Waals surface area contributed by atoms with Crippen molar-refractivity contribution < 1.29 is 4.79 Å². The summed E-state index contributed by atoms with van der Waals surface area (Å²) in [4.78, 5) is 14.8. The first-order valence-corrected chi connectivity index (χ1v) is 9.77. The van der Waals surface area contributed by atoms with Gasteiger partial charge >= 0.3 is 0 Å². The SMILES string of the molecule is CC(C)(C)c1ccn(C2CCN(c3cccc(C4CC4(Cl)Cl)c3)C2=O)n1. The molecular formula is C20H23Cl2N3O. The molecule has 2 atom stereocenters. The summed E-state index contributed by atoms with van der Waals surface area (Å²) < 4.78 is 1.16. The molecule has 2 heterocycles. The van der Waals surface area contributed by atoms with E-state index in [1.807, 2.05) is 46.1 Å². The minimum atomic E-state index is -0.658. The smallest absolute Gasteiger partial charge is 0.251 e. The van der Waals surface area contributed by atoms with Crippen molar-refractivity contribution in [1.82, 2.24) is 9.78 Å². The first kappa shape index (κ1) is 17.9. The van der Waals surface area contributed by atoms with Crippen molar-refractivity contribution in [3.63, 3.8) is 0 Å². The number of halogens is 2. The van der Waals surface area contributed by atoms with Crippen LogP contribution in [0.4, 0.5) is 5.69 Å². The highest BCUT2D eigenvalue weighted by Crippen LogP contribution is 2.59.